The summed E-state index contributed by atoms with van der Waals surface area (Å²) < 4.78 is 2.23. The van der Waals surface area contributed by atoms with E-state index in [-0.39, 0.29) is 0 Å². The van der Waals surface area contributed by atoms with Crippen LogP contribution in [0.25, 0.3) is 11.0 Å². The largest absolute Gasteiger partial charge is 0.330 e. The molecule has 2 heterocycles. The number of hydrogen-bond donors (Lipinski definition) is 1. The van der Waals surface area contributed by atoms with Crippen molar-refractivity contribution in [2.24, 2.45) is 7.05 Å². The number of rotatable bonds is 1. The molecule has 1 N–H and O–H groups in total. The summed E-state index contributed by atoms with van der Waals surface area (Å²) in [5.41, 5.74) is 2.34. The van der Waals surface area contributed by atoms with Crippen molar-refractivity contribution in [2.75, 3.05) is 6.54 Å². The molecule has 1 saturated heterocycles. The third-order valence-electron chi connectivity index (χ3n) is 3.69. The lowest BCUT2D eigenvalue weighted by Crippen LogP contribution is -2.23. The molecule has 1 aliphatic heterocycles. The lowest BCUT2D eigenvalue weighted by Gasteiger charge is -2.15. The van der Waals surface area contributed by atoms with Gasteiger partial charge in [-0.1, -0.05) is 25.0 Å². The van der Waals surface area contributed by atoms with Crippen LogP contribution in [0.5, 0.6) is 0 Å². The minimum absolute atomic E-state index is 0.426. The summed E-state index contributed by atoms with van der Waals surface area (Å²) in [5.74, 6) is 1.19. The minimum atomic E-state index is 0.426. The third-order valence-corrected chi connectivity index (χ3v) is 3.69. The fraction of sp³-hybridized carbons (Fsp3) is 0.500. The Bertz CT molecular complexity index is 507. The van der Waals surface area contributed by atoms with E-state index in [1.54, 1.807) is 0 Å². The number of nitrogens with zero attached hydrogens (tertiary/aromatic N) is 2. The van der Waals surface area contributed by atoms with Crippen molar-refractivity contribution in [3.8, 4) is 0 Å². The molecule has 1 fully saturated rings. The minimum Gasteiger partial charge on any atom is -0.330 e. The van der Waals surface area contributed by atoms with Gasteiger partial charge in [-0.15, -0.1) is 0 Å². The van der Waals surface area contributed by atoms with Gasteiger partial charge in [0.25, 0.3) is 0 Å². The lowest BCUT2D eigenvalue weighted by atomic mass is 10.1. The van der Waals surface area contributed by atoms with Crippen molar-refractivity contribution < 1.29 is 0 Å². The fourth-order valence-corrected chi connectivity index (χ4v) is 2.72. The van der Waals surface area contributed by atoms with E-state index in [0.29, 0.717) is 6.04 Å². The van der Waals surface area contributed by atoms with E-state index in [1.165, 1.54) is 37.0 Å². The third kappa shape index (κ3) is 1.95. The van der Waals surface area contributed by atoms with Gasteiger partial charge in [-0.3, -0.25) is 0 Å². The van der Waals surface area contributed by atoms with E-state index in [1.807, 2.05) is 0 Å². The first-order chi connectivity index (χ1) is 8.36. The van der Waals surface area contributed by atoms with Crippen molar-refractivity contribution >= 4 is 11.0 Å². The molecule has 90 valence electrons. The monoisotopic (exact) mass is 229 g/mol. The maximum Gasteiger partial charge on any atom is 0.126 e. The van der Waals surface area contributed by atoms with Gasteiger partial charge in [-0.2, -0.15) is 0 Å². The zero-order chi connectivity index (χ0) is 11.7. The van der Waals surface area contributed by atoms with Gasteiger partial charge in [-0.05, 0) is 31.5 Å². The van der Waals surface area contributed by atoms with Crippen LogP contribution >= 0.6 is 0 Å². The fourth-order valence-electron chi connectivity index (χ4n) is 2.72. The molecule has 1 aliphatic rings. The zero-order valence-electron chi connectivity index (χ0n) is 10.3. The zero-order valence-corrected chi connectivity index (χ0v) is 10.3. The summed E-state index contributed by atoms with van der Waals surface area (Å²) >= 11 is 0. The Morgan fingerprint density at radius 1 is 1.24 bits per heavy atom. The quantitative estimate of drug-likeness (QED) is 0.815. The van der Waals surface area contributed by atoms with E-state index in [2.05, 4.69) is 41.2 Å². The number of aromatic nitrogens is 2. The van der Waals surface area contributed by atoms with Crippen LogP contribution in [0.3, 0.4) is 0 Å². The molecule has 0 amide bonds. The highest BCUT2D eigenvalue weighted by atomic mass is 15.1. The molecule has 0 spiro atoms. The summed E-state index contributed by atoms with van der Waals surface area (Å²) in [6, 6.07) is 8.79. The number of nitrogens with one attached hydrogen (secondary N) is 1. The second-order valence-electron chi connectivity index (χ2n) is 4.87. The molecule has 0 radical (unpaired) electrons. The molecule has 3 rings (SSSR count). The van der Waals surface area contributed by atoms with Crippen LogP contribution < -0.4 is 5.32 Å². The Labute approximate surface area is 102 Å². The topological polar surface area (TPSA) is 29.9 Å². The Balaban J connectivity index is 2.01. The molecule has 2 aromatic rings. The number of para-hydroxylation sites is 2. The normalized spacial score (nSPS) is 21.6. The molecule has 3 heteroatoms. The first-order valence-corrected chi connectivity index (χ1v) is 6.51. The lowest BCUT2D eigenvalue weighted by molar-refractivity contribution is 0.496. The Morgan fingerprint density at radius 3 is 3.00 bits per heavy atom. The highest BCUT2D eigenvalue weighted by Gasteiger charge is 2.19. The van der Waals surface area contributed by atoms with Gasteiger partial charge < -0.3 is 9.88 Å². The average molecular weight is 229 g/mol. The second kappa shape index (κ2) is 4.49. The van der Waals surface area contributed by atoms with Crippen LogP contribution in [0.15, 0.2) is 24.3 Å². The number of benzene rings is 1. The maximum atomic E-state index is 4.78. The molecule has 1 unspecified atom stereocenters. The van der Waals surface area contributed by atoms with Crippen LogP contribution in [0.4, 0.5) is 0 Å². The van der Waals surface area contributed by atoms with Crippen molar-refractivity contribution in [1.82, 2.24) is 14.9 Å². The summed E-state index contributed by atoms with van der Waals surface area (Å²) in [5, 5.41) is 3.62. The highest BCUT2D eigenvalue weighted by Crippen LogP contribution is 2.24. The van der Waals surface area contributed by atoms with Crippen LogP contribution in [0.2, 0.25) is 0 Å². The van der Waals surface area contributed by atoms with Gasteiger partial charge in [0.2, 0.25) is 0 Å². The van der Waals surface area contributed by atoms with Crippen molar-refractivity contribution in [2.45, 2.75) is 31.7 Å². The summed E-state index contributed by atoms with van der Waals surface area (Å²) in [7, 11) is 2.12. The molecule has 0 bridgehead atoms. The number of aryl methyl sites for hydroxylation is 1. The first-order valence-electron chi connectivity index (χ1n) is 6.51. The van der Waals surface area contributed by atoms with E-state index < -0.39 is 0 Å². The average Bonchev–Trinajstić information content (AvgIpc) is 2.57. The van der Waals surface area contributed by atoms with Gasteiger partial charge in [0.1, 0.15) is 5.82 Å². The predicted octanol–water partition coefficient (Wildman–Crippen LogP) is 2.78. The van der Waals surface area contributed by atoms with Crippen LogP contribution in [-0.2, 0) is 7.05 Å². The predicted molar refractivity (Wildman–Crippen MR) is 69.9 cm³/mol. The van der Waals surface area contributed by atoms with E-state index in [0.717, 1.165) is 12.1 Å². The van der Waals surface area contributed by atoms with Gasteiger partial charge >= 0.3 is 0 Å². The van der Waals surface area contributed by atoms with Gasteiger partial charge in [-0.25, -0.2) is 4.98 Å². The second-order valence-corrected chi connectivity index (χ2v) is 4.87. The summed E-state index contributed by atoms with van der Waals surface area (Å²) in [6.45, 7) is 1.12. The molecule has 1 atom stereocenters. The van der Waals surface area contributed by atoms with Crippen molar-refractivity contribution in [3.05, 3.63) is 30.1 Å². The number of imidazole rings is 1. The molecular formula is C14H19N3. The van der Waals surface area contributed by atoms with Gasteiger partial charge in [0.15, 0.2) is 0 Å². The highest BCUT2D eigenvalue weighted by molar-refractivity contribution is 5.75. The van der Waals surface area contributed by atoms with Crippen molar-refractivity contribution in [3.63, 3.8) is 0 Å². The van der Waals surface area contributed by atoms with Crippen molar-refractivity contribution in [1.29, 1.82) is 0 Å². The van der Waals surface area contributed by atoms with E-state index in [9.17, 15) is 0 Å². The van der Waals surface area contributed by atoms with Crippen LogP contribution in [-0.4, -0.2) is 16.1 Å². The van der Waals surface area contributed by atoms with E-state index >= 15 is 0 Å². The molecule has 17 heavy (non-hydrogen) atoms. The molecule has 3 nitrogen and oxygen atoms in total. The molecule has 0 aliphatic carbocycles. The molecule has 1 aromatic heterocycles. The van der Waals surface area contributed by atoms with Gasteiger partial charge in [0, 0.05) is 7.05 Å². The standard InChI is InChI=1S/C14H19N3/c1-17-13-9-5-4-7-11(13)16-14(17)12-8-3-2-6-10-15-12/h4-5,7,9,12,15H,2-3,6,8,10H2,1H3. The smallest absolute Gasteiger partial charge is 0.126 e. The Kier molecular flexibility index (Phi) is 2.85. The molecule has 1 aromatic carbocycles. The van der Waals surface area contributed by atoms with Gasteiger partial charge in [0.05, 0.1) is 17.1 Å². The van der Waals surface area contributed by atoms with Crippen LogP contribution in [0, 0.1) is 0 Å². The molecular weight excluding hydrogens is 210 g/mol. The van der Waals surface area contributed by atoms with E-state index in [4.69, 9.17) is 4.98 Å². The Hall–Kier alpha value is -1.35. The Morgan fingerprint density at radius 2 is 2.12 bits per heavy atom. The summed E-state index contributed by atoms with van der Waals surface area (Å²) in [6.07, 6.45) is 5.14. The molecule has 0 saturated carbocycles. The first kappa shape index (κ1) is 10.8. The van der Waals surface area contributed by atoms with Crippen LogP contribution in [0.1, 0.15) is 37.5 Å². The number of fused-ring (bicyclic) bond motifs is 1. The SMILES string of the molecule is Cn1c(C2CCCCCN2)nc2ccccc21. The number of hydrogen-bond acceptors (Lipinski definition) is 2. The summed E-state index contributed by atoms with van der Waals surface area (Å²) in [4.78, 5) is 4.78. The maximum absolute atomic E-state index is 4.78.